The van der Waals surface area contributed by atoms with E-state index in [0.717, 1.165) is 25.2 Å². The van der Waals surface area contributed by atoms with Crippen molar-refractivity contribution in [2.24, 2.45) is 5.92 Å². The third-order valence-corrected chi connectivity index (χ3v) is 4.16. The molecule has 0 amide bonds. The van der Waals surface area contributed by atoms with Gasteiger partial charge in [0.15, 0.2) is 0 Å². The molecule has 0 radical (unpaired) electrons. The van der Waals surface area contributed by atoms with E-state index in [1.54, 1.807) is 12.3 Å². The lowest BCUT2D eigenvalue weighted by molar-refractivity contribution is 0.250. The summed E-state index contributed by atoms with van der Waals surface area (Å²) in [6.45, 7) is 5.32. The highest BCUT2D eigenvalue weighted by molar-refractivity contribution is 6.34. The number of hydrogen-bond acceptors (Lipinski definition) is 3. The maximum atomic E-state index is 6.18. The number of likely N-dealkylation sites (tertiary alicyclic amines) is 1. The van der Waals surface area contributed by atoms with Crippen LogP contribution in [0.2, 0.25) is 10.2 Å². The van der Waals surface area contributed by atoms with Gasteiger partial charge >= 0.3 is 0 Å². The molecular formula is C13H19Cl2N3. The lowest BCUT2D eigenvalue weighted by atomic mass is 10.1. The van der Waals surface area contributed by atoms with Gasteiger partial charge in [0.1, 0.15) is 5.15 Å². The molecule has 2 rings (SSSR count). The first kappa shape index (κ1) is 14.1. The monoisotopic (exact) mass is 287 g/mol. The maximum Gasteiger partial charge on any atom is 0.130 e. The minimum absolute atomic E-state index is 0.449. The molecule has 100 valence electrons. The standard InChI is InChI=1S/C13H19Cl2N3/c1-9-6-18(8-12(9)17(2)3)7-10-5-16-13(15)4-11(10)14/h4-5,9,12H,6-8H2,1-3H3. The predicted molar refractivity (Wildman–Crippen MR) is 76.2 cm³/mol. The van der Waals surface area contributed by atoms with Crippen LogP contribution in [0.1, 0.15) is 12.5 Å². The van der Waals surface area contributed by atoms with Gasteiger partial charge in [-0.3, -0.25) is 4.90 Å². The first-order valence-corrected chi connectivity index (χ1v) is 6.91. The summed E-state index contributed by atoms with van der Waals surface area (Å²) in [5.74, 6) is 0.680. The summed E-state index contributed by atoms with van der Waals surface area (Å²) in [6, 6.07) is 2.32. The molecular weight excluding hydrogens is 269 g/mol. The minimum Gasteiger partial charge on any atom is -0.305 e. The maximum absolute atomic E-state index is 6.18. The smallest absolute Gasteiger partial charge is 0.130 e. The molecule has 1 aliphatic heterocycles. The molecule has 0 spiro atoms. The van der Waals surface area contributed by atoms with E-state index in [1.165, 1.54) is 0 Å². The second-order valence-electron chi connectivity index (χ2n) is 5.30. The third kappa shape index (κ3) is 3.15. The number of rotatable bonds is 3. The van der Waals surface area contributed by atoms with Crippen molar-refractivity contribution >= 4 is 23.2 Å². The molecule has 1 aliphatic rings. The van der Waals surface area contributed by atoms with Crippen LogP contribution in [0.3, 0.4) is 0 Å². The number of halogens is 2. The molecule has 1 saturated heterocycles. The van der Waals surface area contributed by atoms with Crippen LogP contribution in [0.25, 0.3) is 0 Å². The van der Waals surface area contributed by atoms with E-state index >= 15 is 0 Å². The van der Waals surface area contributed by atoms with Gasteiger partial charge < -0.3 is 4.90 Å². The van der Waals surface area contributed by atoms with Crippen LogP contribution in [-0.4, -0.2) is 48.0 Å². The van der Waals surface area contributed by atoms with Crippen molar-refractivity contribution in [3.05, 3.63) is 28.0 Å². The summed E-state index contributed by atoms with van der Waals surface area (Å²) >= 11 is 12.0. The molecule has 0 N–H and O–H groups in total. The van der Waals surface area contributed by atoms with Gasteiger partial charge in [0.2, 0.25) is 0 Å². The molecule has 5 heteroatoms. The lowest BCUT2D eigenvalue weighted by Crippen LogP contribution is -2.34. The molecule has 3 nitrogen and oxygen atoms in total. The Morgan fingerprint density at radius 2 is 2.11 bits per heavy atom. The summed E-state index contributed by atoms with van der Waals surface area (Å²) in [4.78, 5) is 8.82. The zero-order valence-electron chi connectivity index (χ0n) is 11.0. The molecule has 2 unspecified atom stereocenters. The van der Waals surface area contributed by atoms with Crippen LogP contribution in [-0.2, 0) is 6.54 Å². The Bertz CT molecular complexity index is 423. The van der Waals surface area contributed by atoms with Gasteiger partial charge in [-0.05, 0) is 26.1 Å². The molecule has 0 bridgehead atoms. The quantitative estimate of drug-likeness (QED) is 0.797. The fraction of sp³-hybridized carbons (Fsp3) is 0.615. The number of likely N-dealkylation sites (N-methyl/N-ethyl adjacent to an activating group) is 1. The molecule has 18 heavy (non-hydrogen) atoms. The summed E-state index contributed by atoms with van der Waals surface area (Å²) in [6.07, 6.45) is 1.78. The Hall–Kier alpha value is -0.350. The van der Waals surface area contributed by atoms with Crippen molar-refractivity contribution in [1.82, 2.24) is 14.8 Å². The van der Waals surface area contributed by atoms with E-state index in [2.05, 4.69) is 35.8 Å². The fourth-order valence-electron chi connectivity index (χ4n) is 2.64. The van der Waals surface area contributed by atoms with Gasteiger partial charge in [-0.25, -0.2) is 4.98 Å². The highest BCUT2D eigenvalue weighted by Crippen LogP contribution is 2.25. The minimum atomic E-state index is 0.449. The molecule has 2 atom stereocenters. The van der Waals surface area contributed by atoms with Gasteiger partial charge in [-0.15, -0.1) is 0 Å². The molecule has 1 aromatic heterocycles. The highest BCUT2D eigenvalue weighted by Gasteiger charge is 2.30. The normalized spacial score (nSPS) is 25.0. The van der Waals surface area contributed by atoms with Crippen molar-refractivity contribution in [1.29, 1.82) is 0 Å². The molecule has 1 aromatic rings. The number of pyridine rings is 1. The van der Waals surface area contributed by atoms with Crippen LogP contribution < -0.4 is 0 Å². The summed E-state index contributed by atoms with van der Waals surface area (Å²) in [5, 5.41) is 1.15. The zero-order chi connectivity index (χ0) is 13.3. The SMILES string of the molecule is CC1CN(Cc2cnc(Cl)cc2Cl)CC1N(C)C. The number of hydrogen-bond donors (Lipinski definition) is 0. The van der Waals surface area contributed by atoms with E-state index in [0.29, 0.717) is 22.1 Å². The highest BCUT2D eigenvalue weighted by atomic mass is 35.5. The summed E-state index contributed by atoms with van der Waals surface area (Å²) in [7, 11) is 4.28. The summed E-state index contributed by atoms with van der Waals surface area (Å²) in [5.41, 5.74) is 1.05. The van der Waals surface area contributed by atoms with E-state index in [4.69, 9.17) is 23.2 Å². The van der Waals surface area contributed by atoms with Crippen LogP contribution in [0.5, 0.6) is 0 Å². The average Bonchev–Trinajstić information content (AvgIpc) is 2.64. The molecule has 1 fully saturated rings. The molecule has 0 saturated carbocycles. The van der Waals surface area contributed by atoms with Gasteiger partial charge in [0.05, 0.1) is 0 Å². The molecule has 0 aromatic carbocycles. The van der Waals surface area contributed by atoms with Crippen molar-refractivity contribution < 1.29 is 0 Å². The first-order chi connectivity index (χ1) is 8.47. The van der Waals surface area contributed by atoms with Crippen LogP contribution in [0.4, 0.5) is 0 Å². The first-order valence-electron chi connectivity index (χ1n) is 6.16. The van der Waals surface area contributed by atoms with Crippen molar-refractivity contribution in [2.45, 2.75) is 19.5 Å². The van der Waals surface area contributed by atoms with Crippen molar-refractivity contribution in [3.8, 4) is 0 Å². The summed E-state index contributed by atoms with van der Waals surface area (Å²) < 4.78 is 0. The Balaban J connectivity index is 2.03. The number of aromatic nitrogens is 1. The Kier molecular flexibility index (Phi) is 4.49. The van der Waals surface area contributed by atoms with Crippen molar-refractivity contribution in [3.63, 3.8) is 0 Å². The second kappa shape index (κ2) is 5.74. The van der Waals surface area contributed by atoms with E-state index in [9.17, 15) is 0 Å². The van der Waals surface area contributed by atoms with Gasteiger partial charge in [0.25, 0.3) is 0 Å². The van der Waals surface area contributed by atoms with Gasteiger partial charge in [-0.2, -0.15) is 0 Å². The topological polar surface area (TPSA) is 19.4 Å². The Morgan fingerprint density at radius 1 is 1.39 bits per heavy atom. The van der Waals surface area contributed by atoms with E-state index in [1.807, 2.05) is 0 Å². The van der Waals surface area contributed by atoms with E-state index in [-0.39, 0.29) is 0 Å². The van der Waals surface area contributed by atoms with Crippen LogP contribution in [0, 0.1) is 5.92 Å². The second-order valence-corrected chi connectivity index (χ2v) is 6.10. The van der Waals surface area contributed by atoms with Crippen LogP contribution in [0.15, 0.2) is 12.3 Å². The largest absolute Gasteiger partial charge is 0.305 e. The van der Waals surface area contributed by atoms with E-state index < -0.39 is 0 Å². The average molecular weight is 288 g/mol. The Labute approximate surface area is 119 Å². The third-order valence-electron chi connectivity index (χ3n) is 3.60. The lowest BCUT2D eigenvalue weighted by Gasteiger charge is -2.22. The predicted octanol–water partition coefficient (Wildman–Crippen LogP) is 2.77. The molecule has 0 aliphatic carbocycles. The zero-order valence-corrected chi connectivity index (χ0v) is 12.5. The molecule has 2 heterocycles. The van der Waals surface area contributed by atoms with Gasteiger partial charge in [0, 0.05) is 42.5 Å². The fourth-order valence-corrected chi connectivity index (χ4v) is 3.07. The van der Waals surface area contributed by atoms with Gasteiger partial charge in [-0.1, -0.05) is 30.1 Å². The van der Waals surface area contributed by atoms with Crippen molar-refractivity contribution in [2.75, 3.05) is 27.2 Å². The Morgan fingerprint density at radius 3 is 2.67 bits per heavy atom. The van der Waals surface area contributed by atoms with Crippen LogP contribution >= 0.6 is 23.2 Å². The number of nitrogens with zero attached hydrogens (tertiary/aromatic N) is 3.